The molecule has 2 aromatic carbocycles. The van der Waals surface area contributed by atoms with E-state index in [1.807, 2.05) is 6.07 Å². The fourth-order valence-corrected chi connectivity index (χ4v) is 1.87. The second-order valence-corrected chi connectivity index (χ2v) is 4.26. The standard InChI is InChI=1S/C14H11FN4O/c15-10-2-1-3-11(6-10)17-14(20)18-12-5-4-9-8-16-19-13(9)7-12/h1-8H,(H,16,19)(H2,17,18,20). The Balaban J connectivity index is 1.72. The van der Waals surface area contributed by atoms with Crippen molar-refractivity contribution >= 4 is 28.3 Å². The lowest BCUT2D eigenvalue weighted by atomic mass is 10.2. The van der Waals surface area contributed by atoms with E-state index in [9.17, 15) is 9.18 Å². The number of urea groups is 1. The van der Waals surface area contributed by atoms with E-state index in [2.05, 4.69) is 20.8 Å². The molecule has 1 aromatic heterocycles. The number of rotatable bonds is 2. The maximum absolute atomic E-state index is 13.0. The number of halogens is 1. The van der Waals surface area contributed by atoms with E-state index in [0.717, 1.165) is 10.9 Å². The molecule has 0 saturated carbocycles. The number of carbonyl (C=O) groups excluding carboxylic acids is 1. The van der Waals surface area contributed by atoms with Crippen molar-refractivity contribution in [3.63, 3.8) is 0 Å². The maximum Gasteiger partial charge on any atom is 0.323 e. The number of anilines is 2. The minimum atomic E-state index is -0.436. The minimum Gasteiger partial charge on any atom is -0.308 e. The number of aromatic nitrogens is 2. The lowest BCUT2D eigenvalue weighted by Gasteiger charge is -2.07. The van der Waals surface area contributed by atoms with Crippen LogP contribution in [0.5, 0.6) is 0 Å². The predicted molar refractivity (Wildman–Crippen MR) is 75.1 cm³/mol. The lowest BCUT2D eigenvalue weighted by Crippen LogP contribution is -2.19. The number of hydrogen-bond acceptors (Lipinski definition) is 2. The van der Waals surface area contributed by atoms with Crippen molar-refractivity contribution in [2.24, 2.45) is 0 Å². The van der Waals surface area contributed by atoms with E-state index < -0.39 is 11.8 Å². The summed E-state index contributed by atoms with van der Waals surface area (Å²) in [7, 11) is 0. The first-order valence-corrected chi connectivity index (χ1v) is 5.97. The third-order valence-corrected chi connectivity index (χ3v) is 2.78. The molecule has 6 heteroatoms. The highest BCUT2D eigenvalue weighted by Gasteiger charge is 2.04. The van der Waals surface area contributed by atoms with Crippen molar-refractivity contribution in [2.75, 3.05) is 10.6 Å². The third kappa shape index (κ3) is 2.59. The van der Waals surface area contributed by atoms with Crippen LogP contribution >= 0.6 is 0 Å². The molecule has 0 radical (unpaired) electrons. The van der Waals surface area contributed by atoms with Gasteiger partial charge in [0, 0.05) is 16.8 Å². The van der Waals surface area contributed by atoms with Crippen LogP contribution < -0.4 is 10.6 Å². The average molecular weight is 270 g/mol. The van der Waals surface area contributed by atoms with Gasteiger partial charge >= 0.3 is 6.03 Å². The van der Waals surface area contributed by atoms with E-state index in [1.54, 1.807) is 24.4 Å². The molecule has 0 aliphatic carbocycles. The van der Waals surface area contributed by atoms with Gasteiger partial charge in [0.15, 0.2) is 0 Å². The molecule has 3 rings (SSSR count). The van der Waals surface area contributed by atoms with Crippen molar-refractivity contribution < 1.29 is 9.18 Å². The van der Waals surface area contributed by atoms with Crippen LogP contribution in [0.1, 0.15) is 0 Å². The minimum absolute atomic E-state index is 0.394. The van der Waals surface area contributed by atoms with Crippen molar-refractivity contribution in [1.29, 1.82) is 0 Å². The fourth-order valence-electron chi connectivity index (χ4n) is 1.87. The van der Waals surface area contributed by atoms with Gasteiger partial charge in [-0.3, -0.25) is 5.10 Å². The molecule has 2 amide bonds. The monoisotopic (exact) mass is 270 g/mol. The van der Waals surface area contributed by atoms with Gasteiger partial charge in [0.1, 0.15) is 5.82 Å². The Morgan fingerprint density at radius 2 is 1.90 bits per heavy atom. The summed E-state index contributed by atoms with van der Waals surface area (Å²) in [6.45, 7) is 0. The van der Waals surface area contributed by atoms with Crippen LogP contribution in [-0.4, -0.2) is 16.2 Å². The van der Waals surface area contributed by atoms with Gasteiger partial charge in [-0.25, -0.2) is 9.18 Å². The highest BCUT2D eigenvalue weighted by Crippen LogP contribution is 2.17. The molecule has 20 heavy (non-hydrogen) atoms. The number of H-pyrrole nitrogens is 1. The Bertz CT molecular complexity index is 768. The van der Waals surface area contributed by atoms with Crippen LogP contribution in [-0.2, 0) is 0 Å². The van der Waals surface area contributed by atoms with E-state index >= 15 is 0 Å². The summed E-state index contributed by atoms with van der Waals surface area (Å²) in [5, 5.41) is 12.9. The molecule has 1 heterocycles. The number of nitrogens with one attached hydrogen (secondary N) is 3. The molecule has 0 aliphatic rings. The molecular weight excluding hydrogens is 259 g/mol. The predicted octanol–water partition coefficient (Wildman–Crippen LogP) is 3.35. The topological polar surface area (TPSA) is 69.8 Å². The number of amides is 2. The molecule has 0 fully saturated rings. The van der Waals surface area contributed by atoms with Crippen molar-refractivity contribution in [2.45, 2.75) is 0 Å². The molecule has 0 atom stereocenters. The Hall–Kier alpha value is -2.89. The second-order valence-electron chi connectivity index (χ2n) is 4.26. The Labute approximate surface area is 113 Å². The van der Waals surface area contributed by atoms with E-state index in [-0.39, 0.29) is 0 Å². The summed E-state index contributed by atoms with van der Waals surface area (Å²) >= 11 is 0. The molecule has 0 unspecified atom stereocenters. The first kappa shape index (κ1) is 12.2. The molecule has 0 bridgehead atoms. The van der Waals surface area contributed by atoms with Crippen molar-refractivity contribution in [1.82, 2.24) is 10.2 Å². The number of aromatic amines is 1. The number of fused-ring (bicyclic) bond motifs is 1. The molecular formula is C14H11FN4O. The zero-order chi connectivity index (χ0) is 13.9. The highest BCUT2D eigenvalue weighted by atomic mass is 19.1. The van der Waals surface area contributed by atoms with Crippen LogP contribution in [0.2, 0.25) is 0 Å². The van der Waals surface area contributed by atoms with Crippen LogP contribution in [0.25, 0.3) is 10.9 Å². The zero-order valence-corrected chi connectivity index (χ0v) is 10.4. The SMILES string of the molecule is O=C(Nc1cccc(F)c1)Nc1ccc2cn[nH]c2c1. The molecule has 100 valence electrons. The van der Waals surface area contributed by atoms with E-state index in [4.69, 9.17) is 0 Å². The molecule has 0 aliphatic heterocycles. The fraction of sp³-hybridized carbons (Fsp3) is 0. The quantitative estimate of drug-likeness (QED) is 0.668. The van der Waals surface area contributed by atoms with Gasteiger partial charge in [0.2, 0.25) is 0 Å². The van der Waals surface area contributed by atoms with Crippen LogP contribution in [0, 0.1) is 5.82 Å². The smallest absolute Gasteiger partial charge is 0.308 e. The Morgan fingerprint density at radius 1 is 1.10 bits per heavy atom. The summed E-state index contributed by atoms with van der Waals surface area (Å²) in [4.78, 5) is 11.8. The largest absolute Gasteiger partial charge is 0.323 e. The summed E-state index contributed by atoms with van der Waals surface area (Å²) < 4.78 is 13.0. The lowest BCUT2D eigenvalue weighted by molar-refractivity contribution is 0.262. The van der Waals surface area contributed by atoms with Crippen molar-refractivity contribution in [3.05, 3.63) is 54.5 Å². The first-order chi connectivity index (χ1) is 9.70. The summed E-state index contributed by atoms with van der Waals surface area (Å²) in [6.07, 6.45) is 1.70. The number of hydrogen-bond donors (Lipinski definition) is 3. The molecule has 3 aromatic rings. The third-order valence-electron chi connectivity index (χ3n) is 2.78. The van der Waals surface area contributed by atoms with Gasteiger partial charge in [-0.05, 0) is 36.4 Å². The summed E-state index contributed by atoms with van der Waals surface area (Å²) in [6, 6.07) is 10.7. The normalized spacial score (nSPS) is 10.4. The molecule has 3 N–H and O–H groups in total. The molecule has 0 saturated heterocycles. The second kappa shape index (κ2) is 5.00. The summed E-state index contributed by atoms with van der Waals surface area (Å²) in [5.74, 6) is -0.401. The highest BCUT2D eigenvalue weighted by molar-refractivity contribution is 6.00. The maximum atomic E-state index is 13.0. The van der Waals surface area contributed by atoms with Gasteiger partial charge in [-0.2, -0.15) is 5.10 Å². The van der Waals surface area contributed by atoms with E-state index in [1.165, 1.54) is 18.2 Å². The Kier molecular flexibility index (Phi) is 3.04. The van der Waals surface area contributed by atoms with Gasteiger partial charge in [-0.15, -0.1) is 0 Å². The van der Waals surface area contributed by atoms with Gasteiger partial charge in [-0.1, -0.05) is 6.07 Å². The van der Waals surface area contributed by atoms with Crippen molar-refractivity contribution in [3.8, 4) is 0 Å². The average Bonchev–Trinajstić information content (AvgIpc) is 2.86. The van der Waals surface area contributed by atoms with Gasteiger partial charge in [0.05, 0.1) is 11.7 Å². The zero-order valence-electron chi connectivity index (χ0n) is 10.4. The first-order valence-electron chi connectivity index (χ1n) is 5.97. The summed E-state index contributed by atoms with van der Waals surface area (Å²) in [5.41, 5.74) is 1.84. The number of nitrogens with zero attached hydrogens (tertiary/aromatic N) is 1. The molecule has 5 nitrogen and oxygen atoms in total. The van der Waals surface area contributed by atoms with Gasteiger partial charge in [0.25, 0.3) is 0 Å². The molecule has 0 spiro atoms. The van der Waals surface area contributed by atoms with Crippen LogP contribution in [0.15, 0.2) is 48.7 Å². The van der Waals surface area contributed by atoms with Gasteiger partial charge < -0.3 is 10.6 Å². The number of carbonyl (C=O) groups is 1. The number of benzene rings is 2. The van der Waals surface area contributed by atoms with Crippen LogP contribution in [0.4, 0.5) is 20.6 Å². The Morgan fingerprint density at radius 3 is 2.70 bits per heavy atom. The van der Waals surface area contributed by atoms with E-state index in [0.29, 0.717) is 11.4 Å². The van der Waals surface area contributed by atoms with Crippen LogP contribution in [0.3, 0.4) is 0 Å².